The maximum Gasteiger partial charge on any atom is 0.0998 e. The van der Waals surface area contributed by atoms with Gasteiger partial charge in [-0.15, -0.1) is 0 Å². The predicted octanol–water partition coefficient (Wildman–Crippen LogP) is 31.3. The first-order chi connectivity index (χ1) is 67.3. The van der Waals surface area contributed by atoms with Crippen LogP contribution in [0.1, 0.15) is 44.5 Å². The molecule has 6 aromatic heterocycles. The molecule has 0 radical (unpaired) electrons. The Balaban J connectivity index is 0.000000138. The van der Waals surface area contributed by atoms with Gasteiger partial charge in [-0.3, -0.25) is 0 Å². The lowest BCUT2D eigenvalue weighted by molar-refractivity contribution is 1.13. The van der Waals surface area contributed by atoms with Crippen molar-refractivity contribution in [2.24, 2.45) is 0 Å². The molecular weight excluding hydrogens is 1650 g/mol. The van der Waals surface area contributed by atoms with Crippen molar-refractivity contribution < 1.29 is 0 Å². The average molecular weight is 1730 g/mol. The summed E-state index contributed by atoms with van der Waals surface area (Å²) in [5.74, 6) is 0. The summed E-state index contributed by atoms with van der Waals surface area (Å²) in [5, 5.41) is 55.8. The molecule has 0 saturated carbocycles. The van der Waals surface area contributed by atoms with Gasteiger partial charge >= 0.3 is 0 Å². The van der Waals surface area contributed by atoms with E-state index in [1.165, 1.54) is 115 Å². The molecule has 136 heavy (non-hydrogen) atoms. The van der Waals surface area contributed by atoms with Gasteiger partial charge in [0.25, 0.3) is 0 Å². The van der Waals surface area contributed by atoms with Crippen LogP contribution < -0.4 is 0 Å². The Hall–Kier alpha value is -18.8. The summed E-state index contributed by atoms with van der Waals surface area (Å²) in [6.07, 6.45) is 1.78. The summed E-state index contributed by atoms with van der Waals surface area (Å²) in [7, 11) is 0. The van der Waals surface area contributed by atoms with E-state index in [1.54, 1.807) is 12.1 Å². The fourth-order valence-electron chi connectivity index (χ4n) is 22.7. The number of fused-ring (bicyclic) bond motifs is 26. The first-order valence-corrected chi connectivity index (χ1v) is 46.0. The molecule has 0 aliphatic heterocycles. The highest BCUT2D eigenvalue weighted by atomic mass is 15.1. The van der Waals surface area contributed by atoms with Crippen molar-refractivity contribution in [1.29, 1.82) is 21.0 Å². The SMILES string of the molecule is N#Cc1cccc(-c2ccc(-c3cc(-n4c5ccccc5c5cc6c(cc54)Cc4ccccc4-6)cc(-n4c5ccccc5c5c4ccc4c6ccccc6n(-c6ccccc6)c45)c3)c(C#N)c2)c1.N#Cc1ccccc1-c1ccc(-c2cc(-n3c4ccccc4c4cc5c(cc43)Cc3ccccc3-5)cc(-n3c4ccccc4c4c3ccc3c5ccccc5n(-c5ccccc5)c34)c2)cc1C#N. The minimum absolute atomic E-state index is 0.511. The number of hydrogen-bond donors (Lipinski definition) is 0. The Labute approximate surface area is 781 Å². The Morgan fingerprint density at radius 3 is 1.00 bits per heavy atom. The second kappa shape index (κ2) is 30.4. The Kier molecular flexibility index (Phi) is 17.2. The second-order valence-electron chi connectivity index (χ2n) is 35.8. The van der Waals surface area contributed by atoms with Crippen molar-refractivity contribution in [3.63, 3.8) is 0 Å². The van der Waals surface area contributed by atoms with Gasteiger partial charge in [-0.25, -0.2) is 0 Å². The van der Waals surface area contributed by atoms with E-state index in [9.17, 15) is 21.0 Å². The van der Waals surface area contributed by atoms with Gasteiger partial charge in [0.05, 0.1) is 113 Å². The highest BCUT2D eigenvalue weighted by Crippen LogP contribution is 2.51. The van der Waals surface area contributed by atoms with Gasteiger partial charge in [-0.2, -0.15) is 21.0 Å². The van der Waals surface area contributed by atoms with Gasteiger partial charge in [0.1, 0.15) is 0 Å². The third kappa shape index (κ3) is 11.7. The van der Waals surface area contributed by atoms with Crippen LogP contribution in [0.3, 0.4) is 0 Å². The molecule has 628 valence electrons. The van der Waals surface area contributed by atoms with Gasteiger partial charge in [0, 0.05) is 110 Å². The van der Waals surface area contributed by atoms with Crippen LogP contribution in [0.5, 0.6) is 0 Å². The van der Waals surface area contributed by atoms with Crippen molar-refractivity contribution in [2.75, 3.05) is 0 Å². The smallest absolute Gasteiger partial charge is 0.0998 e. The van der Waals surface area contributed by atoms with Crippen LogP contribution in [-0.2, 0) is 12.8 Å². The monoisotopic (exact) mass is 1730 g/mol. The maximum absolute atomic E-state index is 11.0. The largest absolute Gasteiger partial charge is 0.309 e. The van der Waals surface area contributed by atoms with E-state index in [0.29, 0.717) is 22.3 Å². The molecule has 26 aromatic rings. The number of nitriles is 4. The van der Waals surface area contributed by atoms with E-state index in [-0.39, 0.29) is 0 Å². The highest BCUT2D eigenvalue weighted by Gasteiger charge is 2.30. The van der Waals surface area contributed by atoms with E-state index in [2.05, 4.69) is 410 Å². The summed E-state index contributed by atoms with van der Waals surface area (Å²) in [6, 6.07) is 161. The van der Waals surface area contributed by atoms with Crippen molar-refractivity contribution in [2.45, 2.75) is 12.8 Å². The fourth-order valence-corrected chi connectivity index (χ4v) is 22.7. The van der Waals surface area contributed by atoms with Crippen molar-refractivity contribution in [1.82, 2.24) is 27.4 Å². The van der Waals surface area contributed by atoms with Crippen LogP contribution in [0.4, 0.5) is 0 Å². The summed E-state index contributed by atoms with van der Waals surface area (Å²) >= 11 is 0. The van der Waals surface area contributed by atoms with Crippen molar-refractivity contribution in [3.8, 4) is 125 Å². The number of nitrogens with zero attached hydrogens (tertiary/aromatic N) is 10. The third-order valence-corrected chi connectivity index (χ3v) is 28.6. The molecule has 0 unspecified atom stereocenters. The topological polar surface area (TPSA) is 125 Å². The number of benzene rings is 20. The van der Waals surface area contributed by atoms with Gasteiger partial charge in [0.15, 0.2) is 0 Å². The molecule has 0 N–H and O–H groups in total. The standard InChI is InChI=1S/2C63H37N5/c64-37-41-15-5-7-19-49(41)50-27-26-39(30-44(50)38-65)42-32-46(35-47(33-42)67-57-23-11-9-21-52(57)56-36-55-43(34-61(56)67)31-40-14-4-6-18-48(40)55)66-59-25-13-10-22-54(59)62-60(66)29-28-53-51-20-8-12-24-58(51)68(63(53)62)45-16-2-1-3-17-45;64-37-39-13-12-15-40(29-39)41-25-26-49(45(30-41)38-65)44-32-47(35-48(33-44)67-57-22-9-7-20-52(57)56-36-55-43(34-61(56)67)31-42-14-4-5-18-50(42)55)66-59-24-11-8-21-54(59)62-60(66)28-27-53-51-19-6-10-23-58(51)68(63(53)62)46-16-2-1-3-17-46/h2*1-30,32-36H,31H2. The fraction of sp³-hybridized carbons (Fsp3) is 0.0159. The van der Waals surface area contributed by atoms with Crippen LogP contribution in [0.15, 0.2) is 425 Å². The first-order valence-electron chi connectivity index (χ1n) is 46.0. The Bertz CT molecular complexity index is 9880. The zero-order chi connectivity index (χ0) is 90.1. The number of rotatable bonds is 10. The first kappa shape index (κ1) is 77.1. The number of aromatic nitrogens is 6. The number of para-hydroxylation sites is 8. The molecule has 0 bridgehead atoms. The molecule has 0 amide bonds. The van der Waals surface area contributed by atoms with Gasteiger partial charge in [-0.05, 0) is 255 Å². The quantitative estimate of drug-likeness (QED) is 0.135. The molecule has 2 aliphatic rings. The normalized spacial score (nSPS) is 12.0. The number of hydrogen-bond acceptors (Lipinski definition) is 4. The second-order valence-corrected chi connectivity index (χ2v) is 35.8. The molecule has 10 heteroatoms. The Morgan fingerprint density at radius 2 is 0.529 bits per heavy atom. The molecule has 20 aromatic carbocycles. The highest BCUT2D eigenvalue weighted by molar-refractivity contribution is 6.28. The minimum Gasteiger partial charge on any atom is -0.309 e. The summed E-state index contributed by atoms with van der Waals surface area (Å²) in [4.78, 5) is 0. The van der Waals surface area contributed by atoms with Gasteiger partial charge < -0.3 is 27.4 Å². The third-order valence-electron chi connectivity index (χ3n) is 28.6. The molecule has 0 atom stereocenters. The molecule has 28 rings (SSSR count). The van der Waals surface area contributed by atoms with Crippen LogP contribution in [0.25, 0.3) is 232 Å². The Morgan fingerprint density at radius 1 is 0.169 bits per heavy atom. The minimum atomic E-state index is 0.511. The van der Waals surface area contributed by atoms with E-state index in [0.717, 1.165) is 152 Å². The van der Waals surface area contributed by atoms with Crippen LogP contribution in [-0.4, -0.2) is 27.4 Å². The van der Waals surface area contributed by atoms with Crippen LogP contribution in [0, 0.1) is 45.3 Å². The summed E-state index contributed by atoms with van der Waals surface area (Å²) < 4.78 is 14.6. The van der Waals surface area contributed by atoms with E-state index >= 15 is 0 Å². The predicted molar refractivity (Wildman–Crippen MR) is 556 cm³/mol. The molecule has 10 nitrogen and oxygen atoms in total. The van der Waals surface area contributed by atoms with E-state index < -0.39 is 0 Å². The van der Waals surface area contributed by atoms with Gasteiger partial charge in [0.2, 0.25) is 0 Å². The lowest BCUT2D eigenvalue weighted by Crippen LogP contribution is -2.01. The molecular formula is C126H74N10. The maximum atomic E-state index is 11.0. The lowest BCUT2D eigenvalue weighted by Gasteiger charge is -2.17. The van der Waals surface area contributed by atoms with Gasteiger partial charge in [-0.1, -0.05) is 261 Å². The van der Waals surface area contributed by atoms with E-state index in [1.807, 2.05) is 54.6 Å². The molecule has 0 saturated heterocycles. The zero-order valence-electron chi connectivity index (χ0n) is 73.3. The average Bonchev–Trinajstić information content (AvgIpc) is 1.54. The summed E-state index contributed by atoms with van der Waals surface area (Å²) in [5.41, 5.74) is 39.5. The van der Waals surface area contributed by atoms with Crippen LogP contribution in [0.2, 0.25) is 0 Å². The van der Waals surface area contributed by atoms with Crippen LogP contribution >= 0.6 is 0 Å². The zero-order valence-corrected chi connectivity index (χ0v) is 73.3. The molecule has 0 spiro atoms. The van der Waals surface area contributed by atoms with Crippen molar-refractivity contribution >= 4 is 131 Å². The van der Waals surface area contributed by atoms with E-state index in [4.69, 9.17) is 0 Å². The van der Waals surface area contributed by atoms with Crippen molar-refractivity contribution in [3.05, 3.63) is 469 Å². The summed E-state index contributed by atoms with van der Waals surface area (Å²) in [6.45, 7) is 0. The molecule has 2 aliphatic carbocycles. The molecule has 0 fully saturated rings. The molecule has 6 heterocycles. The lowest BCUT2D eigenvalue weighted by atomic mass is 9.93.